The number of quaternary nitrogens is 1. The molecule has 336 valence electrons. The van der Waals surface area contributed by atoms with Crippen molar-refractivity contribution in [1.29, 1.82) is 0 Å². The predicted molar refractivity (Wildman–Crippen MR) is 236 cm³/mol. The molecule has 0 aromatic heterocycles. The molecule has 16 nitrogen and oxygen atoms in total. The van der Waals surface area contributed by atoms with Gasteiger partial charge in [-0.2, -0.15) is 0 Å². The van der Waals surface area contributed by atoms with Crippen molar-refractivity contribution in [3.63, 3.8) is 0 Å². The second kappa shape index (κ2) is 26.0. The van der Waals surface area contributed by atoms with Crippen LogP contribution in [0.3, 0.4) is 0 Å². The van der Waals surface area contributed by atoms with Gasteiger partial charge in [0.25, 0.3) is 11.8 Å². The number of aliphatic hydroxyl groups is 2. The van der Waals surface area contributed by atoms with Gasteiger partial charge in [0.1, 0.15) is 0 Å². The highest BCUT2D eigenvalue weighted by atomic mass is 35.5. The third-order valence-corrected chi connectivity index (χ3v) is 11.1. The molecule has 2 fully saturated rings. The number of halogens is 4. The Bertz CT molecular complexity index is 1700. The molecule has 0 aliphatic carbocycles. The maximum absolute atomic E-state index is 12.7. The highest BCUT2D eigenvalue weighted by Crippen LogP contribution is 2.36. The van der Waals surface area contributed by atoms with E-state index in [-0.39, 0.29) is 65.2 Å². The Morgan fingerprint density at radius 3 is 1.60 bits per heavy atom. The zero-order valence-electron chi connectivity index (χ0n) is 35.1. The Balaban J connectivity index is 0.000000357. The molecule has 2 aromatic rings. The van der Waals surface area contributed by atoms with Crippen LogP contribution in [0.25, 0.3) is 0 Å². The number of nitrogens with zero attached hydrogens (tertiary/aromatic N) is 2. The van der Waals surface area contributed by atoms with Crippen LogP contribution in [-0.2, 0) is 18.9 Å². The molecule has 8 N–H and O–H groups in total. The van der Waals surface area contributed by atoms with Crippen LogP contribution in [0.4, 0.5) is 0 Å². The Kier molecular flexibility index (Phi) is 23.2. The first kappa shape index (κ1) is 53.4. The molecule has 0 bridgehead atoms. The minimum atomic E-state index is -1.68. The van der Waals surface area contributed by atoms with E-state index in [1.54, 1.807) is 18.2 Å². The van der Waals surface area contributed by atoms with Crippen LogP contribution < -0.4 is 21.3 Å². The third-order valence-electron chi connectivity index (χ3n) is 9.93. The van der Waals surface area contributed by atoms with E-state index < -0.39 is 37.5 Å². The summed E-state index contributed by atoms with van der Waals surface area (Å²) in [6.45, 7) is 10.4. The highest BCUT2D eigenvalue weighted by molar-refractivity contribution is 6.63. The van der Waals surface area contributed by atoms with Crippen LogP contribution >= 0.6 is 46.4 Å². The number of nitrogens with one attached hydrogen (secondary N) is 4. The average Bonchev–Trinajstić information content (AvgIpc) is 3.68. The average molecular weight is 924 g/mol. The number of likely N-dealkylation sites (N-methyl/N-ethyl adjacent to an activating group) is 2. The number of fused-ring (bicyclic) bond motifs is 1. The molecule has 4 amide bonds. The Hall–Kier alpha value is -2.71. The minimum absolute atomic E-state index is 0.160. The predicted octanol–water partition coefficient (Wildman–Crippen LogP) is 2.41. The van der Waals surface area contributed by atoms with E-state index in [9.17, 15) is 29.2 Å². The normalized spacial score (nSPS) is 19.0. The molecule has 2 heterocycles. The molecule has 0 unspecified atom stereocenters. The fourth-order valence-corrected chi connectivity index (χ4v) is 7.59. The number of benzene rings is 2. The first-order chi connectivity index (χ1) is 28.2. The molecule has 0 spiro atoms. The Morgan fingerprint density at radius 1 is 0.767 bits per heavy atom. The number of hydrogen-bond donors (Lipinski definition) is 8. The second-order valence-corrected chi connectivity index (χ2v) is 17.5. The summed E-state index contributed by atoms with van der Waals surface area (Å²) in [5.41, 5.74) is 0.392. The number of hydrogen-bond acceptors (Lipinski definition) is 11. The van der Waals surface area contributed by atoms with Crippen LogP contribution in [0.5, 0.6) is 0 Å². The Morgan fingerprint density at radius 2 is 1.20 bits per heavy atom. The number of rotatable bonds is 18. The molecule has 0 radical (unpaired) electrons. The maximum atomic E-state index is 12.7. The SMILES string of the molecule is CC(C)C[C@@H](NC(=O)CNC(=O)c1cc(Cl)ccc1Cl)[B-]12OCC[N+]1(C)CCO2.CC(C)C[C@H](NC(=O)CNC(=O)c1cc(Cl)ccc1Cl)B(O)O.CN(CCO)CCO. The van der Waals surface area contributed by atoms with Crippen molar-refractivity contribution >= 4 is 83.8 Å². The first-order valence-electron chi connectivity index (χ1n) is 19.8. The van der Waals surface area contributed by atoms with Crippen LogP contribution in [0.1, 0.15) is 61.3 Å². The molecule has 2 atom stereocenters. The summed E-state index contributed by atoms with van der Waals surface area (Å²) in [6, 6.07) is 9.06. The summed E-state index contributed by atoms with van der Waals surface area (Å²) < 4.78 is 12.9. The van der Waals surface area contributed by atoms with Gasteiger partial charge in [-0.25, -0.2) is 0 Å². The van der Waals surface area contributed by atoms with E-state index in [0.29, 0.717) is 53.1 Å². The smallest absolute Gasteiger partial charge is 0.494 e. The van der Waals surface area contributed by atoms with Crippen molar-refractivity contribution in [2.24, 2.45) is 11.8 Å². The van der Waals surface area contributed by atoms with Crippen molar-refractivity contribution in [2.45, 2.75) is 52.4 Å². The second-order valence-electron chi connectivity index (χ2n) is 15.8. The lowest BCUT2D eigenvalue weighted by molar-refractivity contribution is -0.801. The van der Waals surface area contributed by atoms with Gasteiger partial charge in [0, 0.05) is 36.1 Å². The highest BCUT2D eigenvalue weighted by Gasteiger charge is 2.61. The standard InChI is InChI=1S/C19H28BCl2N3O4.C14H19BCl2N2O4.C5H13NO2/c1-13(2)10-17(20-25(3,6-8-28-20)7-9-29-20)24-18(26)12-23-19(27)15-11-14(21)4-5-16(15)22;1-8(2)5-12(15(22)23)19-13(20)7-18-14(21)10-6-9(16)3-4-11(10)17;1-6(2-4-7)3-5-8/h4-5,11,13,17H,6-10,12H2,1-3H3,(H,23,27)(H,24,26);3-4,6,8,12,22-23H,5,7H2,1-2H3,(H,18,21)(H,19,20);7-8H,2-5H2,1H3/t17-,20?,25?;12-;/m10./s1. The number of carbonyl (C=O) groups excluding carboxylic acids is 4. The zero-order chi connectivity index (χ0) is 45.2. The lowest BCUT2D eigenvalue weighted by Gasteiger charge is -2.48. The largest absolute Gasteiger partial charge is 0.508 e. The van der Waals surface area contributed by atoms with Crippen LogP contribution in [-0.4, -0.2) is 159 Å². The summed E-state index contributed by atoms with van der Waals surface area (Å²) in [4.78, 5) is 50.7. The van der Waals surface area contributed by atoms with Gasteiger partial charge in [-0.3, -0.25) is 19.2 Å². The van der Waals surface area contributed by atoms with E-state index in [2.05, 4.69) is 42.2 Å². The topological polar surface area (TPSA) is 219 Å². The van der Waals surface area contributed by atoms with Crippen molar-refractivity contribution in [1.82, 2.24) is 26.2 Å². The zero-order valence-corrected chi connectivity index (χ0v) is 38.1. The van der Waals surface area contributed by atoms with Gasteiger partial charge in [-0.15, -0.1) is 0 Å². The molecule has 2 aliphatic heterocycles. The first-order valence-corrected chi connectivity index (χ1v) is 21.3. The fourth-order valence-electron chi connectivity index (χ4n) is 6.84. The summed E-state index contributed by atoms with van der Waals surface area (Å²) in [6.07, 6.45) is 1.13. The van der Waals surface area contributed by atoms with Crippen molar-refractivity contribution in [2.75, 3.05) is 79.8 Å². The van der Waals surface area contributed by atoms with Gasteiger partial charge in [0.05, 0.1) is 79.7 Å². The molecule has 4 rings (SSSR count). The number of aliphatic hydroxyl groups excluding tert-OH is 2. The maximum Gasteiger partial charge on any atom is 0.494 e. The number of amides is 4. The monoisotopic (exact) mass is 922 g/mol. The molecule has 60 heavy (non-hydrogen) atoms. The summed E-state index contributed by atoms with van der Waals surface area (Å²) in [5, 5.41) is 47.0. The molecule has 22 heteroatoms. The van der Waals surface area contributed by atoms with E-state index in [1.165, 1.54) is 18.2 Å². The van der Waals surface area contributed by atoms with Gasteiger partial charge < -0.3 is 60.1 Å². The van der Waals surface area contributed by atoms with Gasteiger partial charge in [0.15, 0.2) is 0 Å². The van der Waals surface area contributed by atoms with E-state index in [1.807, 2.05) is 25.8 Å². The quantitative estimate of drug-likeness (QED) is 0.102. The van der Waals surface area contributed by atoms with E-state index in [4.69, 9.17) is 65.9 Å². The van der Waals surface area contributed by atoms with Gasteiger partial charge >= 0.3 is 13.8 Å². The lowest BCUT2D eigenvalue weighted by atomic mass is 9.58. The van der Waals surface area contributed by atoms with Crippen LogP contribution in [0.2, 0.25) is 20.1 Å². The van der Waals surface area contributed by atoms with Crippen molar-refractivity contribution < 1.29 is 53.1 Å². The molecular formula is C38H60B2Cl4N6O10. The molecular weight excluding hydrogens is 864 g/mol. The Labute approximate surface area is 373 Å². The fraction of sp³-hybridized carbons (Fsp3) is 0.579. The van der Waals surface area contributed by atoms with E-state index in [0.717, 1.165) is 19.5 Å². The summed E-state index contributed by atoms with van der Waals surface area (Å²) in [7, 11) is 2.31. The van der Waals surface area contributed by atoms with E-state index >= 15 is 0 Å². The van der Waals surface area contributed by atoms with Gasteiger partial charge in [-0.05, 0) is 61.7 Å². The summed E-state index contributed by atoms with van der Waals surface area (Å²) in [5.74, 6) is -2.37. The van der Waals surface area contributed by atoms with Gasteiger partial charge in [-0.1, -0.05) is 80.5 Å². The van der Waals surface area contributed by atoms with Crippen LogP contribution in [0.15, 0.2) is 36.4 Å². The molecule has 2 aliphatic rings. The van der Waals surface area contributed by atoms with Gasteiger partial charge in [0.2, 0.25) is 11.8 Å². The van der Waals surface area contributed by atoms with Crippen molar-refractivity contribution in [3.05, 3.63) is 67.6 Å². The molecule has 2 saturated heterocycles. The van der Waals surface area contributed by atoms with Crippen LogP contribution in [0, 0.1) is 11.8 Å². The number of carbonyl (C=O) groups is 4. The molecule has 0 saturated carbocycles. The minimum Gasteiger partial charge on any atom is -0.508 e. The van der Waals surface area contributed by atoms with Crippen molar-refractivity contribution in [3.8, 4) is 0 Å². The molecule has 2 aromatic carbocycles. The third kappa shape index (κ3) is 16.9. The lowest BCUT2D eigenvalue weighted by Crippen LogP contribution is -2.71. The summed E-state index contributed by atoms with van der Waals surface area (Å²) >= 11 is 23.7.